The van der Waals surface area contributed by atoms with E-state index in [9.17, 15) is 0 Å². The lowest BCUT2D eigenvalue weighted by Gasteiger charge is -2.35. The molecule has 1 N–H and O–H groups in total. The van der Waals surface area contributed by atoms with Crippen molar-refractivity contribution in [3.63, 3.8) is 0 Å². The number of aryl methyl sites for hydroxylation is 1. The third-order valence-corrected chi connectivity index (χ3v) is 4.09. The molecule has 0 aromatic carbocycles. The molecule has 2 aliphatic heterocycles. The number of morpholine rings is 1. The molecule has 3 heterocycles. The van der Waals surface area contributed by atoms with Crippen molar-refractivity contribution in [3.8, 4) is 0 Å². The highest BCUT2D eigenvalue weighted by molar-refractivity contribution is 5.14. The Labute approximate surface area is 108 Å². The highest BCUT2D eigenvalue weighted by Gasteiger charge is 2.31. The van der Waals surface area contributed by atoms with Crippen molar-refractivity contribution in [2.24, 2.45) is 0 Å². The standard InChI is InChI=1S/C14H22N2O2/c1-11-4-6-17-14(11)8-15-7-13-9-16-5-2-3-12(16)10-18-13/h4,6,12-13,15H,2-3,5,7-10H2,1H3. The number of fused-ring (bicyclic) bond motifs is 1. The van der Waals surface area contributed by atoms with Crippen LogP contribution in [0.25, 0.3) is 0 Å². The average molecular weight is 250 g/mol. The third kappa shape index (κ3) is 2.60. The van der Waals surface area contributed by atoms with E-state index in [-0.39, 0.29) is 0 Å². The Bertz CT molecular complexity index is 391. The first-order valence-electron chi connectivity index (χ1n) is 6.92. The average Bonchev–Trinajstić information content (AvgIpc) is 2.98. The van der Waals surface area contributed by atoms with E-state index in [4.69, 9.17) is 9.15 Å². The predicted octanol–water partition coefficient (Wildman–Crippen LogP) is 1.54. The van der Waals surface area contributed by atoms with Crippen LogP contribution in [0.5, 0.6) is 0 Å². The Hall–Kier alpha value is -0.840. The summed E-state index contributed by atoms with van der Waals surface area (Å²) >= 11 is 0. The molecule has 3 rings (SSSR count). The molecule has 100 valence electrons. The highest BCUT2D eigenvalue weighted by atomic mass is 16.5. The van der Waals surface area contributed by atoms with Crippen LogP contribution in [0.2, 0.25) is 0 Å². The minimum atomic E-state index is 0.328. The zero-order valence-electron chi connectivity index (χ0n) is 11.0. The molecule has 0 bridgehead atoms. The van der Waals surface area contributed by atoms with Gasteiger partial charge in [0.1, 0.15) is 5.76 Å². The molecule has 2 unspecified atom stereocenters. The number of nitrogens with zero attached hydrogens (tertiary/aromatic N) is 1. The maximum atomic E-state index is 5.91. The zero-order valence-corrected chi connectivity index (χ0v) is 11.0. The van der Waals surface area contributed by atoms with Crippen LogP contribution in [0.1, 0.15) is 24.2 Å². The molecule has 4 nitrogen and oxygen atoms in total. The smallest absolute Gasteiger partial charge is 0.120 e. The second-order valence-electron chi connectivity index (χ2n) is 5.40. The van der Waals surface area contributed by atoms with Gasteiger partial charge in [-0.3, -0.25) is 4.90 Å². The first-order valence-corrected chi connectivity index (χ1v) is 6.92. The summed E-state index contributed by atoms with van der Waals surface area (Å²) in [5.41, 5.74) is 1.21. The van der Waals surface area contributed by atoms with Crippen molar-refractivity contribution in [2.45, 2.75) is 38.5 Å². The molecule has 0 saturated carbocycles. The molecular weight excluding hydrogens is 228 g/mol. The first-order chi connectivity index (χ1) is 8.83. The fourth-order valence-electron chi connectivity index (χ4n) is 2.94. The van der Waals surface area contributed by atoms with E-state index in [2.05, 4.69) is 17.1 Å². The van der Waals surface area contributed by atoms with Gasteiger partial charge in [-0.1, -0.05) is 0 Å². The molecule has 0 aliphatic carbocycles. The van der Waals surface area contributed by atoms with Crippen LogP contribution in [0.3, 0.4) is 0 Å². The SMILES string of the molecule is Cc1ccoc1CNCC1CN2CCCC2CO1. The van der Waals surface area contributed by atoms with Gasteiger partial charge < -0.3 is 14.5 Å². The Balaban J connectivity index is 1.42. The second kappa shape index (κ2) is 5.43. The molecule has 2 fully saturated rings. The number of hydrogen-bond donors (Lipinski definition) is 1. The topological polar surface area (TPSA) is 37.6 Å². The molecule has 2 saturated heterocycles. The van der Waals surface area contributed by atoms with Gasteiger partial charge in [0.05, 0.1) is 25.5 Å². The zero-order chi connectivity index (χ0) is 12.4. The minimum absolute atomic E-state index is 0.328. The number of rotatable bonds is 4. The van der Waals surface area contributed by atoms with Crippen LogP contribution in [-0.4, -0.2) is 43.3 Å². The molecule has 0 spiro atoms. The molecule has 4 heteroatoms. The van der Waals surface area contributed by atoms with Crippen molar-refractivity contribution in [2.75, 3.05) is 26.2 Å². The van der Waals surface area contributed by atoms with E-state index >= 15 is 0 Å². The molecule has 2 atom stereocenters. The summed E-state index contributed by atoms with van der Waals surface area (Å²) in [6.07, 6.45) is 4.72. The predicted molar refractivity (Wildman–Crippen MR) is 69.5 cm³/mol. The van der Waals surface area contributed by atoms with Crippen LogP contribution in [-0.2, 0) is 11.3 Å². The fourth-order valence-corrected chi connectivity index (χ4v) is 2.94. The van der Waals surface area contributed by atoms with Crippen molar-refractivity contribution in [1.29, 1.82) is 0 Å². The Morgan fingerprint density at radius 1 is 1.50 bits per heavy atom. The molecule has 1 aromatic heterocycles. The van der Waals surface area contributed by atoms with Gasteiger partial charge in [0.2, 0.25) is 0 Å². The quantitative estimate of drug-likeness (QED) is 0.879. The summed E-state index contributed by atoms with van der Waals surface area (Å²) in [5.74, 6) is 1.03. The van der Waals surface area contributed by atoms with E-state index in [0.717, 1.165) is 32.0 Å². The molecule has 18 heavy (non-hydrogen) atoms. The maximum absolute atomic E-state index is 5.91. The van der Waals surface area contributed by atoms with Crippen LogP contribution >= 0.6 is 0 Å². The summed E-state index contributed by atoms with van der Waals surface area (Å²) < 4.78 is 11.3. The Kier molecular flexibility index (Phi) is 3.68. The third-order valence-electron chi connectivity index (χ3n) is 4.09. The van der Waals surface area contributed by atoms with Crippen molar-refractivity contribution < 1.29 is 9.15 Å². The van der Waals surface area contributed by atoms with Gasteiger partial charge in [-0.2, -0.15) is 0 Å². The lowest BCUT2D eigenvalue weighted by molar-refractivity contribution is -0.0471. The number of furan rings is 1. The van der Waals surface area contributed by atoms with Crippen molar-refractivity contribution in [1.82, 2.24) is 10.2 Å². The normalized spacial score (nSPS) is 28.5. The van der Waals surface area contributed by atoms with Gasteiger partial charge in [-0.25, -0.2) is 0 Å². The van der Waals surface area contributed by atoms with Crippen LogP contribution in [0, 0.1) is 6.92 Å². The van der Waals surface area contributed by atoms with E-state index in [1.54, 1.807) is 6.26 Å². The lowest BCUT2D eigenvalue weighted by Crippen LogP contribution is -2.49. The van der Waals surface area contributed by atoms with E-state index in [1.165, 1.54) is 24.9 Å². The van der Waals surface area contributed by atoms with E-state index in [1.807, 2.05) is 6.07 Å². The van der Waals surface area contributed by atoms with Crippen molar-refractivity contribution >= 4 is 0 Å². The molecule has 1 aromatic rings. The largest absolute Gasteiger partial charge is 0.468 e. The maximum Gasteiger partial charge on any atom is 0.120 e. The molecule has 0 radical (unpaired) electrons. The summed E-state index contributed by atoms with van der Waals surface area (Å²) in [6.45, 7) is 7.01. The monoisotopic (exact) mass is 250 g/mol. The van der Waals surface area contributed by atoms with Gasteiger partial charge in [0, 0.05) is 19.1 Å². The number of hydrogen-bond acceptors (Lipinski definition) is 4. The van der Waals surface area contributed by atoms with E-state index in [0.29, 0.717) is 12.1 Å². The summed E-state index contributed by atoms with van der Waals surface area (Å²) in [4.78, 5) is 2.58. The lowest BCUT2D eigenvalue weighted by atomic mass is 10.2. The van der Waals surface area contributed by atoms with Crippen molar-refractivity contribution in [3.05, 3.63) is 23.7 Å². The first kappa shape index (κ1) is 12.2. The molecular formula is C14H22N2O2. The van der Waals surface area contributed by atoms with Gasteiger partial charge in [0.25, 0.3) is 0 Å². The summed E-state index contributed by atoms with van der Waals surface area (Å²) in [7, 11) is 0. The second-order valence-corrected chi connectivity index (χ2v) is 5.40. The van der Waals surface area contributed by atoms with Gasteiger partial charge in [-0.05, 0) is 37.9 Å². The number of nitrogens with one attached hydrogen (secondary N) is 1. The Morgan fingerprint density at radius 3 is 3.28 bits per heavy atom. The van der Waals surface area contributed by atoms with Gasteiger partial charge in [-0.15, -0.1) is 0 Å². The number of ether oxygens (including phenoxy) is 1. The van der Waals surface area contributed by atoms with Crippen LogP contribution < -0.4 is 5.32 Å². The highest BCUT2D eigenvalue weighted by Crippen LogP contribution is 2.22. The minimum Gasteiger partial charge on any atom is -0.468 e. The summed E-state index contributed by atoms with van der Waals surface area (Å²) in [6, 6.07) is 2.69. The summed E-state index contributed by atoms with van der Waals surface area (Å²) in [5, 5.41) is 3.43. The van der Waals surface area contributed by atoms with E-state index < -0.39 is 0 Å². The van der Waals surface area contributed by atoms with Gasteiger partial charge >= 0.3 is 0 Å². The molecule has 0 amide bonds. The Morgan fingerprint density at radius 2 is 2.44 bits per heavy atom. The van der Waals surface area contributed by atoms with Crippen LogP contribution in [0.4, 0.5) is 0 Å². The molecule has 2 aliphatic rings. The van der Waals surface area contributed by atoms with Crippen LogP contribution in [0.15, 0.2) is 16.7 Å². The van der Waals surface area contributed by atoms with Gasteiger partial charge in [0.15, 0.2) is 0 Å². The fraction of sp³-hybridized carbons (Fsp3) is 0.714.